The van der Waals surface area contributed by atoms with Crippen LogP contribution in [0, 0.1) is 12.8 Å². The van der Waals surface area contributed by atoms with Crippen molar-refractivity contribution in [3.05, 3.63) is 18.1 Å². The zero-order valence-electron chi connectivity index (χ0n) is 9.77. The van der Waals surface area contributed by atoms with E-state index in [1.165, 1.54) is 0 Å². The Morgan fingerprint density at radius 3 is 2.73 bits per heavy atom. The van der Waals surface area contributed by atoms with Gasteiger partial charge in [-0.3, -0.25) is 0 Å². The Kier molecular flexibility index (Phi) is 4.49. The Morgan fingerprint density at radius 2 is 2.20 bits per heavy atom. The molecule has 4 heteroatoms. The average molecular weight is 208 g/mol. The van der Waals surface area contributed by atoms with Crippen molar-refractivity contribution in [1.82, 2.24) is 9.97 Å². The molecule has 0 bridgehead atoms. The molecule has 1 aromatic rings. The van der Waals surface area contributed by atoms with Crippen LogP contribution in [0.15, 0.2) is 12.3 Å². The monoisotopic (exact) mass is 208 g/mol. The SMILES string of the molecule is Cc1nccc(N(CCN)CC(C)C)n1. The lowest BCUT2D eigenvalue weighted by molar-refractivity contribution is 0.606. The minimum atomic E-state index is 0.604. The summed E-state index contributed by atoms with van der Waals surface area (Å²) in [6.07, 6.45) is 1.79. The highest BCUT2D eigenvalue weighted by Crippen LogP contribution is 2.11. The van der Waals surface area contributed by atoms with E-state index in [1.54, 1.807) is 6.20 Å². The summed E-state index contributed by atoms with van der Waals surface area (Å²) in [6, 6.07) is 1.94. The number of aryl methyl sites for hydroxylation is 1. The van der Waals surface area contributed by atoms with Crippen LogP contribution in [0.1, 0.15) is 19.7 Å². The van der Waals surface area contributed by atoms with Crippen LogP contribution in [0.3, 0.4) is 0 Å². The van der Waals surface area contributed by atoms with Crippen molar-refractivity contribution in [2.75, 3.05) is 24.5 Å². The molecule has 2 N–H and O–H groups in total. The van der Waals surface area contributed by atoms with Crippen molar-refractivity contribution in [2.45, 2.75) is 20.8 Å². The van der Waals surface area contributed by atoms with E-state index in [4.69, 9.17) is 5.73 Å². The van der Waals surface area contributed by atoms with E-state index in [9.17, 15) is 0 Å². The number of aromatic nitrogens is 2. The second-order valence-corrected chi connectivity index (χ2v) is 4.09. The van der Waals surface area contributed by atoms with Gasteiger partial charge in [-0.25, -0.2) is 9.97 Å². The number of nitrogens with zero attached hydrogens (tertiary/aromatic N) is 3. The molecule has 0 aliphatic heterocycles. The summed E-state index contributed by atoms with van der Waals surface area (Å²) in [5.74, 6) is 2.38. The average Bonchev–Trinajstić information content (AvgIpc) is 2.16. The molecule has 0 atom stereocenters. The van der Waals surface area contributed by atoms with Crippen LogP contribution in [-0.4, -0.2) is 29.6 Å². The molecule has 0 aromatic carbocycles. The number of nitrogens with two attached hydrogens (primary N) is 1. The van der Waals surface area contributed by atoms with Crippen molar-refractivity contribution >= 4 is 5.82 Å². The van der Waals surface area contributed by atoms with E-state index < -0.39 is 0 Å². The molecule has 1 aromatic heterocycles. The fourth-order valence-electron chi connectivity index (χ4n) is 1.52. The molecule has 0 radical (unpaired) electrons. The fourth-order valence-corrected chi connectivity index (χ4v) is 1.52. The first-order chi connectivity index (χ1) is 7.13. The molecule has 4 nitrogen and oxygen atoms in total. The summed E-state index contributed by atoms with van der Waals surface area (Å²) in [7, 11) is 0. The Hall–Kier alpha value is -1.16. The molecule has 0 saturated carbocycles. The Labute approximate surface area is 91.5 Å². The van der Waals surface area contributed by atoms with Crippen LogP contribution in [0.2, 0.25) is 0 Å². The molecule has 0 amide bonds. The van der Waals surface area contributed by atoms with Gasteiger partial charge in [0.25, 0.3) is 0 Å². The zero-order valence-corrected chi connectivity index (χ0v) is 9.77. The molecule has 1 rings (SSSR count). The van der Waals surface area contributed by atoms with Crippen LogP contribution in [0.5, 0.6) is 0 Å². The summed E-state index contributed by atoms with van der Waals surface area (Å²) >= 11 is 0. The molecule has 84 valence electrons. The van der Waals surface area contributed by atoms with Crippen LogP contribution >= 0.6 is 0 Å². The molecular weight excluding hydrogens is 188 g/mol. The van der Waals surface area contributed by atoms with Crippen molar-refractivity contribution < 1.29 is 0 Å². The normalized spacial score (nSPS) is 10.7. The molecule has 0 aliphatic rings. The molecule has 0 spiro atoms. The van der Waals surface area contributed by atoms with E-state index in [0.717, 1.165) is 24.7 Å². The second-order valence-electron chi connectivity index (χ2n) is 4.09. The molecule has 0 aliphatic carbocycles. The van der Waals surface area contributed by atoms with Crippen molar-refractivity contribution in [2.24, 2.45) is 11.7 Å². The second kappa shape index (κ2) is 5.66. The molecule has 0 saturated heterocycles. The number of anilines is 1. The topological polar surface area (TPSA) is 55.0 Å². The van der Waals surface area contributed by atoms with Crippen molar-refractivity contribution in [1.29, 1.82) is 0 Å². The summed E-state index contributed by atoms with van der Waals surface area (Å²) < 4.78 is 0. The van der Waals surface area contributed by atoms with Crippen LogP contribution in [0.25, 0.3) is 0 Å². The van der Waals surface area contributed by atoms with Gasteiger partial charge in [-0.15, -0.1) is 0 Å². The minimum Gasteiger partial charge on any atom is -0.355 e. The van der Waals surface area contributed by atoms with Crippen molar-refractivity contribution in [3.63, 3.8) is 0 Å². The number of hydrogen-bond donors (Lipinski definition) is 1. The minimum absolute atomic E-state index is 0.604. The van der Waals surface area contributed by atoms with Gasteiger partial charge in [0.15, 0.2) is 0 Å². The highest BCUT2D eigenvalue weighted by molar-refractivity contribution is 5.37. The first-order valence-corrected chi connectivity index (χ1v) is 5.38. The van der Waals surface area contributed by atoms with Gasteiger partial charge in [-0.1, -0.05) is 13.8 Å². The maximum atomic E-state index is 5.60. The lowest BCUT2D eigenvalue weighted by atomic mass is 10.2. The molecular formula is C11H20N4. The Morgan fingerprint density at radius 1 is 1.47 bits per heavy atom. The van der Waals surface area contributed by atoms with Gasteiger partial charge in [0.2, 0.25) is 0 Å². The predicted octanol–water partition coefficient (Wildman–Crippen LogP) is 1.21. The maximum Gasteiger partial charge on any atom is 0.132 e. The number of rotatable bonds is 5. The van der Waals surface area contributed by atoms with Gasteiger partial charge in [-0.05, 0) is 18.9 Å². The van der Waals surface area contributed by atoms with E-state index in [-0.39, 0.29) is 0 Å². The third-order valence-corrected chi connectivity index (χ3v) is 2.07. The largest absolute Gasteiger partial charge is 0.355 e. The van der Waals surface area contributed by atoms with Gasteiger partial charge in [0.1, 0.15) is 11.6 Å². The predicted molar refractivity (Wildman–Crippen MR) is 62.9 cm³/mol. The summed E-state index contributed by atoms with van der Waals surface area (Å²) in [4.78, 5) is 10.7. The third kappa shape index (κ3) is 3.83. The van der Waals surface area contributed by atoms with Gasteiger partial charge >= 0.3 is 0 Å². The highest BCUT2D eigenvalue weighted by Gasteiger charge is 2.08. The molecule has 1 heterocycles. The van der Waals surface area contributed by atoms with Crippen LogP contribution in [-0.2, 0) is 0 Å². The lowest BCUT2D eigenvalue weighted by Gasteiger charge is -2.24. The first kappa shape index (κ1) is 11.9. The quantitative estimate of drug-likeness (QED) is 0.790. The fraction of sp³-hybridized carbons (Fsp3) is 0.636. The van der Waals surface area contributed by atoms with Crippen LogP contribution in [0.4, 0.5) is 5.82 Å². The maximum absolute atomic E-state index is 5.60. The lowest BCUT2D eigenvalue weighted by Crippen LogP contribution is -2.33. The van der Waals surface area contributed by atoms with E-state index >= 15 is 0 Å². The summed E-state index contributed by atoms with van der Waals surface area (Å²) in [5, 5.41) is 0. The first-order valence-electron chi connectivity index (χ1n) is 5.38. The number of hydrogen-bond acceptors (Lipinski definition) is 4. The van der Waals surface area contributed by atoms with E-state index in [1.807, 2.05) is 13.0 Å². The molecule has 0 unspecified atom stereocenters. The van der Waals surface area contributed by atoms with Gasteiger partial charge in [-0.2, -0.15) is 0 Å². The zero-order chi connectivity index (χ0) is 11.3. The third-order valence-electron chi connectivity index (χ3n) is 2.07. The summed E-state index contributed by atoms with van der Waals surface area (Å²) in [5.41, 5.74) is 5.60. The van der Waals surface area contributed by atoms with E-state index in [0.29, 0.717) is 12.5 Å². The Bertz CT molecular complexity index is 298. The molecule has 0 fully saturated rings. The smallest absolute Gasteiger partial charge is 0.132 e. The van der Waals surface area contributed by atoms with Gasteiger partial charge in [0.05, 0.1) is 0 Å². The van der Waals surface area contributed by atoms with Gasteiger partial charge < -0.3 is 10.6 Å². The standard InChI is InChI=1S/C11H20N4/c1-9(2)8-15(7-5-12)11-4-6-13-10(3)14-11/h4,6,9H,5,7-8,12H2,1-3H3. The van der Waals surface area contributed by atoms with E-state index in [2.05, 4.69) is 28.7 Å². The van der Waals surface area contributed by atoms with Gasteiger partial charge in [0, 0.05) is 25.8 Å². The van der Waals surface area contributed by atoms with Crippen LogP contribution < -0.4 is 10.6 Å². The summed E-state index contributed by atoms with van der Waals surface area (Å²) in [6.45, 7) is 8.76. The molecule has 15 heavy (non-hydrogen) atoms. The highest BCUT2D eigenvalue weighted by atomic mass is 15.2. The Balaban J connectivity index is 2.78. The van der Waals surface area contributed by atoms with Crippen molar-refractivity contribution in [3.8, 4) is 0 Å².